The lowest BCUT2D eigenvalue weighted by molar-refractivity contribution is -0.147. The molecule has 0 saturated carbocycles. The van der Waals surface area contributed by atoms with Gasteiger partial charge >= 0.3 is 5.97 Å². The summed E-state index contributed by atoms with van der Waals surface area (Å²) in [6, 6.07) is 0. The normalized spacial score (nSPS) is 12.9. The number of nitrogens with one attached hydrogen (secondary N) is 2. The summed E-state index contributed by atoms with van der Waals surface area (Å²) >= 11 is 1.63. The van der Waals surface area contributed by atoms with Crippen LogP contribution in [0.25, 0.3) is 16.9 Å². The molecule has 3 aromatic heterocycles. The van der Waals surface area contributed by atoms with E-state index in [1.54, 1.807) is 18.0 Å². The Hall–Kier alpha value is -3.11. The maximum atomic E-state index is 12.0. The Labute approximate surface area is 230 Å². The topological polar surface area (TPSA) is 100 Å². The molecule has 0 radical (unpaired) electrons. The summed E-state index contributed by atoms with van der Waals surface area (Å²) in [6.07, 6.45) is 16.1. The molecule has 9 nitrogen and oxygen atoms in total. The number of esters is 1. The van der Waals surface area contributed by atoms with Crippen LogP contribution in [0.3, 0.4) is 0 Å². The van der Waals surface area contributed by atoms with E-state index in [-0.39, 0.29) is 11.5 Å². The van der Waals surface area contributed by atoms with Crippen LogP contribution in [0.1, 0.15) is 59.6 Å². The van der Waals surface area contributed by atoms with Crippen LogP contribution >= 0.6 is 11.8 Å². The Bertz CT molecular complexity index is 1260. The lowest BCUT2D eigenvalue weighted by Gasteiger charge is -2.37. The molecule has 0 aliphatic rings. The number of anilines is 1. The molecule has 3 rings (SSSR count). The molecule has 0 unspecified atom stereocenters. The fraction of sp³-hybridized carbons (Fsp3) is 0.500. The van der Waals surface area contributed by atoms with Gasteiger partial charge in [-0.05, 0) is 58.1 Å². The van der Waals surface area contributed by atoms with Crippen molar-refractivity contribution in [3.63, 3.8) is 0 Å². The van der Waals surface area contributed by atoms with Gasteiger partial charge in [0.15, 0.2) is 11.5 Å². The van der Waals surface area contributed by atoms with Gasteiger partial charge in [-0.15, -0.1) is 11.8 Å². The first kappa shape index (κ1) is 29.4. The number of thioether (sulfide) groups is 1. The first-order valence-electron chi connectivity index (χ1n) is 13.2. The van der Waals surface area contributed by atoms with Gasteiger partial charge < -0.3 is 10.1 Å². The number of allylic oxidation sites excluding steroid dienone is 1. The lowest BCUT2D eigenvalue weighted by Crippen LogP contribution is -2.48. The maximum absolute atomic E-state index is 12.0. The monoisotopic (exact) mass is 539 g/mol. The molecule has 3 heterocycles. The van der Waals surface area contributed by atoms with Crippen LogP contribution in [0, 0.1) is 6.92 Å². The molecule has 2 N–H and O–H groups in total. The third-order valence-electron chi connectivity index (χ3n) is 6.30. The number of hydrogen-bond donors (Lipinski definition) is 2. The van der Waals surface area contributed by atoms with Crippen LogP contribution in [0.5, 0.6) is 0 Å². The van der Waals surface area contributed by atoms with Crippen LogP contribution in [-0.2, 0) is 9.53 Å². The molecule has 0 amide bonds. The molecule has 0 aliphatic heterocycles. The number of likely N-dealkylation sites (N-methyl/N-ethyl adjacent to an activating group) is 1. The SMILES string of the molecule is CC/C=C(/C=C(/Nc1nc(C)cn2c(-c3cn[nH]c3)cnc12)SC)CN(CC)C(C)(C)COC(=O)CCC. The highest BCUT2D eigenvalue weighted by atomic mass is 32.2. The third-order valence-corrected chi connectivity index (χ3v) is 6.96. The van der Waals surface area contributed by atoms with Gasteiger partial charge in [-0.1, -0.05) is 26.8 Å². The molecular formula is C28H41N7O2S. The van der Waals surface area contributed by atoms with Crippen molar-refractivity contribution < 1.29 is 9.53 Å². The summed E-state index contributed by atoms with van der Waals surface area (Å²) < 4.78 is 7.62. The quantitative estimate of drug-likeness (QED) is 0.195. The Balaban J connectivity index is 1.84. The summed E-state index contributed by atoms with van der Waals surface area (Å²) in [4.78, 5) is 23.7. The number of ether oxygens (including phenoxy) is 1. The smallest absolute Gasteiger partial charge is 0.305 e. The molecule has 206 valence electrons. The highest BCUT2D eigenvalue weighted by molar-refractivity contribution is 8.02. The van der Waals surface area contributed by atoms with Crippen molar-refractivity contribution in [2.45, 2.75) is 66.3 Å². The van der Waals surface area contributed by atoms with E-state index in [0.29, 0.717) is 18.8 Å². The average molecular weight is 540 g/mol. The van der Waals surface area contributed by atoms with Gasteiger partial charge in [0.2, 0.25) is 0 Å². The molecule has 0 saturated heterocycles. The average Bonchev–Trinajstić information content (AvgIpc) is 3.55. The zero-order valence-electron chi connectivity index (χ0n) is 23.7. The number of fused-ring (bicyclic) bond motifs is 1. The first-order chi connectivity index (χ1) is 18.2. The number of aromatic nitrogens is 5. The zero-order chi connectivity index (χ0) is 27.7. The summed E-state index contributed by atoms with van der Waals surface area (Å²) in [5.74, 6) is 0.563. The maximum Gasteiger partial charge on any atom is 0.305 e. The highest BCUT2D eigenvalue weighted by Gasteiger charge is 2.28. The van der Waals surface area contributed by atoms with E-state index >= 15 is 0 Å². The van der Waals surface area contributed by atoms with Gasteiger partial charge in [0.25, 0.3) is 0 Å². The van der Waals surface area contributed by atoms with E-state index in [1.165, 1.54) is 5.57 Å². The van der Waals surface area contributed by atoms with Crippen LogP contribution in [0.15, 0.2) is 47.5 Å². The predicted octanol–water partition coefficient (Wildman–Crippen LogP) is 5.82. The molecule has 38 heavy (non-hydrogen) atoms. The molecule has 0 aliphatic carbocycles. The van der Waals surface area contributed by atoms with E-state index < -0.39 is 0 Å². The minimum atomic E-state index is -0.296. The minimum Gasteiger partial charge on any atom is -0.464 e. The van der Waals surface area contributed by atoms with Crippen molar-refractivity contribution in [3.05, 3.63) is 53.2 Å². The molecule has 0 fully saturated rings. The summed E-state index contributed by atoms with van der Waals surface area (Å²) in [5, 5.41) is 11.4. The van der Waals surface area contributed by atoms with Crippen molar-refractivity contribution in [2.75, 3.05) is 31.3 Å². The van der Waals surface area contributed by atoms with Gasteiger partial charge in [-0.25, -0.2) is 9.97 Å². The van der Waals surface area contributed by atoms with Gasteiger partial charge in [0, 0.05) is 36.5 Å². The number of nitrogens with zero attached hydrogens (tertiary/aromatic N) is 5. The molecule has 0 atom stereocenters. The van der Waals surface area contributed by atoms with Gasteiger partial charge in [0.1, 0.15) is 6.61 Å². The second kappa shape index (κ2) is 13.6. The molecule has 3 aromatic rings. The minimum absolute atomic E-state index is 0.137. The lowest BCUT2D eigenvalue weighted by atomic mass is 10.0. The van der Waals surface area contributed by atoms with Crippen LogP contribution in [0.2, 0.25) is 0 Å². The summed E-state index contributed by atoms with van der Waals surface area (Å²) in [6.45, 7) is 14.4. The number of rotatable bonds is 14. The van der Waals surface area contributed by atoms with E-state index in [0.717, 1.165) is 53.6 Å². The van der Waals surface area contributed by atoms with Crippen molar-refractivity contribution in [3.8, 4) is 11.3 Å². The fourth-order valence-electron chi connectivity index (χ4n) is 4.26. The molecule has 0 aromatic carbocycles. The Morgan fingerprint density at radius 1 is 1.29 bits per heavy atom. The van der Waals surface area contributed by atoms with E-state index in [4.69, 9.17) is 9.72 Å². The van der Waals surface area contributed by atoms with Crippen LogP contribution in [0.4, 0.5) is 5.82 Å². The first-order valence-corrected chi connectivity index (χ1v) is 14.4. The zero-order valence-corrected chi connectivity index (χ0v) is 24.5. The van der Waals surface area contributed by atoms with Crippen molar-refractivity contribution in [1.82, 2.24) is 29.5 Å². The van der Waals surface area contributed by atoms with E-state index in [1.807, 2.05) is 43.1 Å². The fourth-order valence-corrected chi connectivity index (χ4v) is 4.73. The molecule has 0 spiro atoms. The second-order valence-corrected chi connectivity index (χ2v) is 10.7. The second-order valence-electron chi connectivity index (χ2n) is 9.82. The Morgan fingerprint density at radius 2 is 2.08 bits per heavy atom. The molecular weight excluding hydrogens is 498 g/mol. The predicted molar refractivity (Wildman–Crippen MR) is 156 cm³/mol. The molecule has 10 heteroatoms. The standard InChI is InChI=1S/C28H41N7O2S/c1-8-11-21(18-34(10-3)28(5,6)19-37-25(36)12-9-2)13-24(38-7)33-26-27-29-16-23(22-14-30-31-15-22)35(27)17-20(4)32-26/h11,13-17H,8-10,12,18-19H2,1-7H3,(H,30,31)(H,32,33)/b21-11-,24-13-. The van der Waals surface area contributed by atoms with E-state index in [9.17, 15) is 4.79 Å². The van der Waals surface area contributed by atoms with Gasteiger partial charge in [-0.2, -0.15) is 5.10 Å². The highest BCUT2D eigenvalue weighted by Crippen LogP contribution is 2.27. The number of imidazole rings is 1. The van der Waals surface area contributed by atoms with Gasteiger partial charge in [0.05, 0.1) is 28.8 Å². The number of aryl methyl sites for hydroxylation is 1. The number of aromatic amines is 1. The number of carbonyl (C=O) groups is 1. The largest absolute Gasteiger partial charge is 0.464 e. The van der Waals surface area contributed by atoms with Gasteiger partial charge in [-0.3, -0.25) is 19.2 Å². The number of H-pyrrole nitrogens is 1. The summed E-state index contributed by atoms with van der Waals surface area (Å²) in [5.41, 5.74) is 4.43. The van der Waals surface area contributed by atoms with E-state index in [2.05, 4.69) is 65.2 Å². The van der Waals surface area contributed by atoms with Crippen molar-refractivity contribution >= 4 is 29.2 Å². The van der Waals surface area contributed by atoms with Crippen LogP contribution < -0.4 is 5.32 Å². The Morgan fingerprint density at radius 3 is 2.71 bits per heavy atom. The number of hydrogen-bond acceptors (Lipinski definition) is 8. The van der Waals surface area contributed by atoms with Crippen molar-refractivity contribution in [1.29, 1.82) is 0 Å². The third kappa shape index (κ3) is 7.48. The Kier molecular flexibility index (Phi) is 10.6. The molecule has 0 bridgehead atoms. The van der Waals surface area contributed by atoms with Crippen molar-refractivity contribution in [2.24, 2.45) is 0 Å². The summed E-state index contributed by atoms with van der Waals surface area (Å²) in [7, 11) is 0. The number of carbonyl (C=O) groups excluding carboxylic acids is 1. The van der Waals surface area contributed by atoms with Crippen LogP contribution in [-0.4, -0.2) is 66.9 Å².